The summed E-state index contributed by atoms with van der Waals surface area (Å²) in [5, 5.41) is 4.93. The van der Waals surface area contributed by atoms with Gasteiger partial charge in [0.1, 0.15) is 5.60 Å². The lowest BCUT2D eigenvalue weighted by atomic mass is 10.00. The molecule has 0 aliphatic heterocycles. The van der Waals surface area contributed by atoms with Gasteiger partial charge >= 0.3 is 12.1 Å². The molecule has 0 aromatic heterocycles. The molecule has 1 amide bonds. The van der Waals surface area contributed by atoms with Crippen LogP contribution in [0.2, 0.25) is 0 Å². The molecule has 0 bridgehead atoms. The monoisotopic (exact) mass is 357 g/mol. The largest absolute Gasteiger partial charge is 0.463 e. The zero-order valence-electron chi connectivity index (χ0n) is 16.0. The highest BCUT2D eigenvalue weighted by Gasteiger charge is 2.23. The quantitative estimate of drug-likeness (QED) is 0.785. The first kappa shape index (κ1) is 19.8. The molecule has 5 heteroatoms. The maximum absolute atomic E-state index is 12.2. The minimum Gasteiger partial charge on any atom is -0.463 e. The third-order valence-electron chi connectivity index (χ3n) is 3.60. The van der Waals surface area contributed by atoms with E-state index in [1.165, 1.54) is 0 Å². The van der Waals surface area contributed by atoms with E-state index in [0.29, 0.717) is 0 Å². The summed E-state index contributed by atoms with van der Waals surface area (Å²) in [5.41, 5.74) is 0.214. The number of esters is 1. The highest BCUT2D eigenvalue weighted by Crippen LogP contribution is 2.24. The number of amides is 1. The maximum atomic E-state index is 12.2. The minimum atomic E-state index is -0.615. The van der Waals surface area contributed by atoms with Gasteiger partial charge in [0.15, 0.2) is 0 Å². The molecule has 2 rings (SSSR count). The van der Waals surface area contributed by atoms with Gasteiger partial charge < -0.3 is 14.8 Å². The molecule has 0 saturated heterocycles. The predicted octanol–water partition coefficient (Wildman–Crippen LogP) is 4.75. The molecular weight excluding hydrogens is 330 g/mol. The number of nitrogens with one attached hydrogen (secondary N) is 1. The summed E-state index contributed by atoms with van der Waals surface area (Å²) in [4.78, 5) is 24.4. The summed E-state index contributed by atoms with van der Waals surface area (Å²) < 4.78 is 10.6. The molecule has 2 aromatic carbocycles. The first-order chi connectivity index (χ1) is 12.1. The van der Waals surface area contributed by atoms with Crippen LogP contribution in [-0.4, -0.2) is 23.8 Å². The Kier molecular flexibility index (Phi) is 6.24. The zero-order valence-corrected chi connectivity index (χ0v) is 16.0. The van der Waals surface area contributed by atoms with Crippen molar-refractivity contribution in [1.82, 2.24) is 5.32 Å². The van der Waals surface area contributed by atoms with E-state index >= 15 is 0 Å². The molecule has 26 heavy (non-hydrogen) atoms. The van der Waals surface area contributed by atoms with Gasteiger partial charge in [0.05, 0.1) is 18.6 Å². The fraction of sp³-hybridized carbons (Fsp3) is 0.429. The topological polar surface area (TPSA) is 64.6 Å². The lowest BCUT2D eigenvalue weighted by Gasteiger charge is -2.24. The Labute approximate surface area is 154 Å². The fourth-order valence-electron chi connectivity index (χ4n) is 2.60. The molecule has 0 aliphatic carbocycles. The molecule has 2 aromatic rings. The van der Waals surface area contributed by atoms with Crippen LogP contribution in [0.1, 0.15) is 52.6 Å². The van der Waals surface area contributed by atoms with Gasteiger partial charge in [0.25, 0.3) is 0 Å². The van der Waals surface area contributed by atoms with Crippen molar-refractivity contribution in [3.05, 3.63) is 48.0 Å². The molecule has 1 N–H and O–H groups in total. The second kappa shape index (κ2) is 8.21. The molecule has 5 nitrogen and oxygen atoms in total. The van der Waals surface area contributed by atoms with Crippen LogP contribution >= 0.6 is 0 Å². The lowest BCUT2D eigenvalue weighted by Crippen LogP contribution is -2.36. The van der Waals surface area contributed by atoms with Crippen molar-refractivity contribution in [2.45, 2.75) is 58.8 Å². The van der Waals surface area contributed by atoms with E-state index in [2.05, 4.69) is 5.32 Å². The Balaban J connectivity index is 2.25. The summed E-state index contributed by atoms with van der Waals surface area (Å²) in [6.07, 6.45) is -0.732. The first-order valence-electron chi connectivity index (χ1n) is 8.82. The van der Waals surface area contributed by atoms with E-state index < -0.39 is 17.7 Å². The van der Waals surface area contributed by atoms with E-state index in [0.717, 1.165) is 16.3 Å². The van der Waals surface area contributed by atoms with Gasteiger partial charge in [-0.25, -0.2) is 4.79 Å². The van der Waals surface area contributed by atoms with Crippen molar-refractivity contribution in [3.8, 4) is 0 Å². The molecule has 0 aliphatic rings. The number of benzene rings is 2. The van der Waals surface area contributed by atoms with E-state index in [1.54, 1.807) is 34.6 Å². The molecule has 1 atom stereocenters. The number of hydrogen-bond acceptors (Lipinski definition) is 4. The summed E-state index contributed by atoms with van der Waals surface area (Å²) in [5.74, 6) is -0.366. The van der Waals surface area contributed by atoms with Gasteiger partial charge in [-0.2, -0.15) is 0 Å². The van der Waals surface area contributed by atoms with Crippen LogP contribution in [-0.2, 0) is 14.3 Å². The van der Waals surface area contributed by atoms with Gasteiger partial charge in [0.2, 0.25) is 0 Å². The number of fused-ring (bicyclic) bond motifs is 1. The lowest BCUT2D eigenvalue weighted by molar-refractivity contribution is -0.147. The predicted molar refractivity (Wildman–Crippen MR) is 102 cm³/mol. The van der Waals surface area contributed by atoms with Crippen molar-refractivity contribution < 1.29 is 19.1 Å². The molecule has 0 spiro atoms. The highest BCUT2D eigenvalue weighted by atomic mass is 16.6. The molecular formula is C21H27NO4. The molecule has 0 heterocycles. The Hall–Kier alpha value is -2.56. The number of ether oxygens (including phenoxy) is 2. The first-order valence-corrected chi connectivity index (χ1v) is 8.82. The summed E-state index contributed by atoms with van der Waals surface area (Å²) in [6.45, 7) is 8.98. The normalized spacial score (nSPS) is 12.7. The second-order valence-corrected chi connectivity index (χ2v) is 7.55. The Morgan fingerprint density at radius 3 is 2.31 bits per heavy atom. The Morgan fingerprint density at radius 2 is 1.69 bits per heavy atom. The van der Waals surface area contributed by atoms with E-state index in [9.17, 15) is 9.59 Å². The summed E-state index contributed by atoms with van der Waals surface area (Å²) >= 11 is 0. The van der Waals surface area contributed by atoms with Crippen molar-refractivity contribution in [2.24, 2.45) is 0 Å². The van der Waals surface area contributed by atoms with Crippen molar-refractivity contribution in [1.29, 1.82) is 0 Å². The van der Waals surface area contributed by atoms with Gasteiger partial charge in [-0.1, -0.05) is 36.4 Å². The van der Waals surface area contributed by atoms with Crippen LogP contribution in [0, 0.1) is 0 Å². The number of carbonyl (C=O) groups is 2. The van der Waals surface area contributed by atoms with E-state index in [1.807, 2.05) is 42.5 Å². The summed E-state index contributed by atoms with van der Waals surface area (Å²) in [7, 11) is 0. The molecule has 140 valence electrons. The van der Waals surface area contributed by atoms with Crippen LogP contribution in [0.3, 0.4) is 0 Å². The number of hydrogen-bond donors (Lipinski definition) is 1. The van der Waals surface area contributed by atoms with E-state index in [4.69, 9.17) is 9.47 Å². The summed E-state index contributed by atoms with van der Waals surface area (Å²) in [6, 6.07) is 13.3. The van der Waals surface area contributed by atoms with E-state index in [-0.39, 0.29) is 18.5 Å². The molecule has 0 radical (unpaired) electrons. The van der Waals surface area contributed by atoms with Crippen LogP contribution in [0.25, 0.3) is 10.8 Å². The second-order valence-electron chi connectivity index (χ2n) is 7.55. The SMILES string of the molecule is CC(C)OC(=O)C[C@@H](NC(=O)OC(C)(C)C)c1ccc2ccccc2c1. The van der Waals surface area contributed by atoms with Gasteiger partial charge in [-0.3, -0.25) is 4.79 Å². The van der Waals surface area contributed by atoms with Gasteiger partial charge in [-0.15, -0.1) is 0 Å². The van der Waals surface area contributed by atoms with Crippen LogP contribution in [0.5, 0.6) is 0 Å². The number of carbonyl (C=O) groups excluding carboxylic acids is 2. The third-order valence-corrected chi connectivity index (χ3v) is 3.60. The molecule has 0 fully saturated rings. The standard InChI is InChI=1S/C21H27NO4/c1-14(2)25-19(23)13-18(22-20(24)26-21(3,4)5)17-11-10-15-8-6-7-9-16(15)12-17/h6-12,14,18H,13H2,1-5H3,(H,22,24)/t18-/m1/s1. The maximum Gasteiger partial charge on any atom is 0.408 e. The van der Waals surface area contributed by atoms with Gasteiger partial charge in [0, 0.05) is 0 Å². The Morgan fingerprint density at radius 1 is 1.04 bits per heavy atom. The highest BCUT2D eigenvalue weighted by molar-refractivity contribution is 5.83. The van der Waals surface area contributed by atoms with Crippen LogP contribution in [0.4, 0.5) is 4.79 Å². The average Bonchev–Trinajstić information content (AvgIpc) is 2.51. The van der Waals surface area contributed by atoms with Crippen LogP contribution in [0.15, 0.2) is 42.5 Å². The third kappa shape index (κ3) is 6.06. The zero-order chi connectivity index (χ0) is 19.3. The minimum absolute atomic E-state index is 0.0375. The average molecular weight is 357 g/mol. The number of alkyl carbamates (subject to hydrolysis) is 1. The number of rotatable bonds is 5. The Bertz CT molecular complexity index is 777. The van der Waals surface area contributed by atoms with Gasteiger partial charge in [-0.05, 0) is 57.0 Å². The van der Waals surface area contributed by atoms with Crippen molar-refractivity contribution in [2.75, 3.05) is 0 Å². The molecule has 0 saturated carbocycles. The van der Waals surface area contributed by atoms with Crippen molar-refractivity contribution in [3.63, 3.8) is 0 Å². The van der Waals surface area contributed by atoms with Crippen LogP contribution < -0.4 is 5.32 Å². The smallest absolute Gasteiger partial charge is 0.408 e. The molecule has 0 unspecified atom stereocenters. The van der Waals surface area contributed by atoms with Crippen molar-refractivity contribution >= 4 is 22.8 Å². The fourth-order valence-corrected chi connectivity index (χ4v) is 2.60.